The summed E-state index contributed by atoms with van der Waals surface area (Å²) in [7, 11) is -0.875. The van der Waals surface area contributed by atoms with E-state index in [1.165, 1.54) is 5.56 Å². The van der Waals surface area contributed by atoms with E-state index in [4.69, 9.17) is 0 Å². The second-order valence-electron chi connectivity index (χ2n) is 4.89. The van der Waals surface area contributed by atoms with Crippen LogP contribution in [-0.4, -0.2) is 19.8 Å². The molecule has 3 heteroatoms. The Balaban J connectivity index is 2.06. The lowest BCUT2D eigenvalue weighted by Crippen LogP contribution is -2.27. The van der Waals surface area contributed by atoms with Gasteiger partial charge in [-0.1, -0.05) is 30.3 Å². The number of hydrogen-bond donors (Lipinski definition) is 0. The highest BCUT2D eigenvalue weighted by atomic mass is 32.2. The van der Waals surface area contributed by atoms with Crippen molar-refractivity contribution in [1.82, 2.24) is 4.31 Å². The van der Waals surface area contributed by atoms with E-state index in [1.807, 2.05) is 39.0 Å². The molecule has 0 saturated carbocycles. The van der Waals surface area contributed by atoms with Crippen molar-refractivity contribution < 1.29 is 4.21 Å². The molecule has 1 aliphatic heterocycles. The Morgan fingerprint density at radius 2 is 1.87 bits per heavy atom. The van der Waals surface area contributed by atoms with E-state index in [0.717, 1.165) is 6.54 Å². The third kappa shape index (κ3) is 2.29. The molecule has 82 valence electrons. The van der Waals surface area contributed by atoms with Crippen LogP contribution >= 0.6 is 0 Å². The first-order chi connectivity index (χ1) is 7.00. The first kappa shape index (κ1) is 10.8. The summed E-state index contributed by atoms with van der Waals surface area (Å²) in [5.74, 6) is 0. The zero-order valence-corrected chi connectivity index (χ0v) is 10.3. The maximum atomic E-state index is 12.0. The minimum atomic E-state index is -0.875. The van der Waals surface area contributed by atoms with Crippen molar-refractivity contribution in [2.24, 2.45) is 0 Å². The van der Waals surface area contributed by atoms with Crippen molar-refractivity contribution >= 4 is 11.0 Å². The summed E-state index contributed by atoms with van der Waals surface area (Å²) >= 11 is 0. The normalized spacial score (nSPS) is 27.4. The third-order valence-electron chi connectivity index (χ3n) is 2.49. The maximum Gasteiger partial charge on any atom is 0.100 e. The summed E-state index contributed by atoms with van der Waals surface area (Å²) in [6.45, 7) is 6.98. The van der Waals surface area contributed by atoms with Gasteiger partial charge in [0.05, 0.1) is 10.8 Å². The van der Waals surface area contributed by atoms with Crippen LogP contribution in [0.25, 0.3) is 0 Å². The van der Waals surface area contributed by atoms with Crippen LogP contribution in [0.2, 0.25) is 0 Å². The zero-order valence-electron chi connectivity index (χ0n) is 9.43. The molecule has 0 amide bonds. The van der Waals surface area contributed by atoms with Gasteiger partial charge in [0.15, 0.2) is 0 Å². The van der Waals surface area contributed by atoms with E-state index in [0.29, 0.717) is 6.04 Å². The molecule has 15 heavy (non-hydrogen) atoms. The van der Waals surface area contributed by atoms with Gasteiger partial charge < -0.3 is 0 Å². The molecule has 0 aliphatic carbocycles. The molecule has 1 aromatic carbocycles. The summed E-state index contributed by atoms with van der Waals surface area (Å²) < 4.78 is 13.9. The molecule has 1 heterocycles. The quantitative estimate of drug-likeness (QED) is 0.705. The maximum absolute atomic E-state index is 12.0. The molecule has 1 aromatic rings. The molecular formula is C12H17NOS. The molecule has 2 nitrogen and oxygen atoms in total. The van der Waals surface area contributed by atoms with E-state index in [-0.39, 0.29) is 4.75 Å². The number of benzene rings is 1. The van der Waals surface area contributed by atoms with Gasteiger partial charge in [0, 0.05) is 6.54 Å². The van der Waals surface area contributed by atoms with Crippen LogP contribution in [0.15, 0.2) is 30.3 Å². The largest absolute Gasteiger partial charge is 0.242 e. The third-order valence-corrected chi connectivity index (χ3v) is 4.37. The zero-order chi connectivity index (χ0) is 11.1. The van der Waals surface area contributed by atoms with E-state index < -0.39 is 11.0 Å². The molecule has 1 saturated heterocycles. The molecular weight excluding hydrogens is 206 g/mol. The van der Waals surface area contributed by atoms with Crippen molar-refractivity contribution in [2.45, 2.75) is 31.6 Å². The van der Waals surface area contributed by atoms with Crippen LogP contribution in [0.4, 0.5) is 0 Å². The van der Waals surface area contributed by atoms with E-state index >= 15 is 0 Å². The van der Waals surface area contributed by atoms with Crippen LogP contribution in [0.1, 0.15) is 32.4 Å². The van der Waals surface area contributed by atoms with Crippen molar-refractivity contribution in [3.8, 4) is 0 Å². The Morgan fingerprint density at radius 1 is 1.27 bits per heavy atom. The Morgan fingerprint density at radius 3 is 2.40 bits per heavy atom. The monoisotopic (exact) mass is 223 g/mol. The Hall–Kier alpha value is -0.670. The average Bonchev–Trinajstić information content (AvgIpc) is 2.96. The lowest BCUT2D eigenvalue weighted by Gasteiger charge is -2.18. The molecule has 0 N–H and O–H groups in total. The average molecular weight is 223 g/mol. The fraction of sp³-hybridized carbons (Fsp3) is 0.500. The summed E-state index contributed by atoms with van der Waals surface area (Å²) in [6, 6.07) is 10.6. The molecule has 0 aromatic heterocycles. The molecule has 0 radical (unpaired) electrons. The molecule has 1 fully saturated rings. The molecule has 2 unspecified atom stereocenters. The predicted octanol–water partition coefficient (Wildman–Crippen LogP) is 2.51. The Bertz CT molecular complexity index is 369. The second-order valence-corrected chi connectivity index (χ2v) is 7.08. The van der Waals surface area contributed by atoms with Gasteiger partial charge in [-0.05, 0) is 26.3 Å². The van der Waals surface area contributed by atoms with Crippen molar-refractivity contribution in [2.75, 3.05) is 6.54 Å². The van der Waals surface area contributed by atoms with E-state index in [1.54, 1.807) is 0 Å². The highest BCUT2D eigenvalue weighted by molar-refractivity contribution is 7.84. The van der Waals surface area contributed by atoms with Gasteiger partial charge in [0.2, 0.25) is 0 Å². The van der Waals surface area contributed by atoms with Crippen LogP contribution in [0.5, 0.6) is 0 Å². The fourth-order valence-corrected chi connectivity index (χ4v) is 2.94. The van der Waals surface area contributed by atoms with Gasteiger partial charge in [0.1, 0.15) is 11.0 Å². The minimum Gasteiger partial charge on any atom is -0.242 e. The van der Waals surface area contributed by atoms with Gasteiger partial charge in [0.25, 0.3) is 0 Å². The van der Waals surface area contributed by atoms with Crippen LogP contribution in [0, 0.1) is 0 Å². The lowest BCUT2D eigenvalue weighted by molar-refractivity contribution is 0.607. The molecule has 0 spiro atoms. The summed E-state index contributed by atoms with van der Waals surface area (Å²) in [6.07, 6.45) is 0. The van der Waals surface area contributed by atoms with Crippen molar-refractivity contribution in [1.29, 1.82) is 0 Å². The highest BCUT2D eigenvalue weighted by Gasteiger charge is 2.43. The van der Waals surface area contributed by atoms with Gasteiger partial charge in [-0.3, -0.25) is 0 Å². The van der Waals surface area contributed by atoms with Gasteiger partial charge >= 0.3 is 0 Å². The first-order valence-electron chi connectivity index (χ1n) is 5.24. The van der Waals surface area contributed by atoms with Crippen molar-refractivity contribution in [3.05, 3.63) is 35.9 Å². The van der Waals surface area contributed by atoms with Gasteiger partial charge in [-0.25, -0.2) is 8.51 Å². The summed E-state index contributed by atoms with van der Waals surface area (Å²) in [5.41, 5.74) is 1.27. The number of nitrogens with zero attached hydrogens (tertiary/aromatic N) is 1. The Kier molecular flexibility index (Phi) is 2.69. The fourth-order valence-electron chi connectivity index (χ4n) is 1.61. The molecule has 2 rings (SSSR count). The SMILES string of the molecule is CC(C)(C)S(=O)N1C[C@H]1c1ccccc1. The molecule has 3 atom stereocenters. The lowest BCUT2D eigenvalue weighted by atomic mass is 10.2. The van der Waals surface area contributed by atoms with Crippen molar-refractivity contribution in [3.63, 3.8) is 0 Å². The smallest absolute Gasteiger partial charge is 0.100 e. The summed E-state index contributed by atoms with van der Waals surface area (Å²) in [4.78, 5) is 0. The topological polar surface area (TPSA) is 20.1 Å². The van der Waals surface area contributed by atoms with Gasteiger partial charge in [-0.2, -0.15) is 0 Å². The van der Waals surface area contributed by atoms with E-state index in [2.05, 4.69) is 16.4 Å². The number of hydrogen-bond acceptors (Lipinski definition) is 1. The molecule has 0 bridgehead atoms. The molecule has 1 aliphatic rings. The van der Waals surface area contributed by atoms with E-state index in [9.17, 15) is 4.21 Å². The van der Waals surface area contributed by atoms with Crippen LogP contribution in [-0.2, 0) is 11.0 Å². The number of rotatable bonds is 2. The highest BCUT2D eigenvalue weighted by Crippen LogP contribution is 2.39. The van der Waals surface area contributed by atoms with Gasteiger partial charge in [-0.15, -0.1) is 0 Å². The van der Waals surface area contributed by atoms with Crippen LogP contribution in [0.3, 0.4) is 0 Å². The summed E-state index contributed by atoms with van der Waals surface area (Å²) in [5, 5.41) is 0. The minimum absolute atomic E-state index is 0.149. The predicted molar refractivity (Wildman–Crippen MR) is 63.8 cm³/mol. The Labute approximate surface area is 93.9 Å². The first-order valence-corrected chi connectivity index (χ1v) is 6.34. The van der Waals surface area contributed by atoms with Crippen LogP contribution < -0.4 is 0 Å². The second kappa shape index (κ2) is 3.72. The standard InChI is InChI=1S/C12H17NOS/c1-12(2,3)15(14)13-9-11(13)10-7-5-4-6-8-10/h4-8,11H,9H2,1-3H3/t11-,13?,15?/m0/s1.